The van der Waals surface area contributed by atoms with E-state index < -0.39 is 0 Å². The molecule has 0 radical (unpaired) electrons. The minimum absolute atomic E-state index is 0.199. The molecular weight excluding hydrogens is 374 g/mol. The second-order valence-electron chi connectivity index (χ2n) is 6.23. The molecule has 0 bridgehead atoms. The number of halogens is 1. The van der Waals surface area contributed by atoms with Crippen molar-refractivity contribution in [3.63, 3.8) is 0 Å². The molecule has 0 aliphatic carbocycles. The van der Waals surface area contributed by atoms with E-state index in [-0.39, 0.29) is 5.91 Å². The number of pyridine rings is 1. The standard InChI is InChI=1S/C22H22ClN3O2/c1-28-21-5-3-2-4-17(21)15-26-19-11-13-24-20(14-19)22(27)25-12-10-16-6-8-18(23)9-7-16/h2-9,11,13-14H,10,12,15H2,1H3,(H,24,26)(H,25,27). The van der Waals surface area contributed by atoms with Crippen LogP contribution in [0.3, 0.4) is 0 Å². The molecule has 1 heterocycles. The molecule has 1 amide bonds. The van der Waals surface area contributed by atoms with E-state index in [1.807, 2.05) is 54.6 Å². The third kappa shape index (κ3) is 5.47. The predicted octanol–water partition coefficient (Wildman–Crippen LogP) is 4.33. The predicted molar refractivity (Wildman–Crippen MR) is 112 cm³/mol. The summed E-state index contributed by atoms with van der Waals surface area (Å²) in [5.41, 5.74) is 3.35. The van der Waals surface area contributed by atoms with Crippen LogP contribution in [-0.2, 0) is 13.0 Å². The number of nitrogens with zero attached hydrogens (tertiary/aromatic N) is 1. The Morgan fingerprint density at radius 3 is 2.68 bits per heavy atom. The van der Waals surface area contributed by atoms with E-state index in [2.05, 4.69) is 15.6 Å². The molecular formula is C22H22ClN3O2. The van der Waals surface area contributed by atoms with Crippen molar-refractivity contribution in [2.45, 2.75) is 13.0 Å². The molecule has 0 aliphatic rings. The molecule has 0 aliphatic heterocycles. The molecule has 28 heavy (non-hydrogen) atoms. The maximum Gasteiger partial charge on any atom is 0.269 e. The van der Waals surface area contributed by atoms with Crippen LogP contribution in [0.25, 0.3) is 0 Å². The number of benzene rings is 2. The molecule has 0 unspecified atom stereocenters. The third-order valence-electron chi connectivity index (χ3n) is 4.28. The molecule has 144 valence electrons. The Morgan fingerprint density at radius 1 is 1.11 bits per heavy atom. The quantitative estimate of drug-likeness (QED) is 0.596. The topological polar surface area (TPSA) is 63.2 Å². The monoisotopic (exact) mass is 395 g/mol. The molecule has 3 aromatic rings. The number of methoxy groups -OCH3 is 1. The summed E-state index contributed by atoms with van der Waals surface area (Å²) >= 11 is 5.88. The van der Waals surface area contributed by atoms with Gasteiger partial charge in [-0.2, -0.15) is 0 Å². The molecule has 0 spiro atoms. The van der Waals surface area contributed by atoms with Crippen LogP contribution >= 0.6 is 11.6 Å². The summed E-state index contributed by atoms with van der Waals surface area (Å²) in [7, 11) is 1.65. The zero-order valence-electron chi connectivity index (χ0n) is 15.6. The minimum Gasteiger partial charge on any atom is -0.496 e. The Morgan fingerprint density at radius 2 is 1.89 bits per heavy atom. The number of nitrogens with one attached hydrogen (secondary N) is 2. The lowest BCUT2D eigenvalue weighted by atomic mass is 10.1. The number of aromatic nitrogens is 1. The van der Waals surface area contributed by atoms with Crippen LogP contribution in [0.4, 0.5) is 5.69 Å². The van der Waals surface area contributed by atoms with E-state index >= 15 is 0 Å². The molecule has 6 heteroatoms. The highest BCUT2D eigenvalue weighted by molar-refractivity contribution is 6.30. The van der Waals surface area contributed by atoms with Crippen molar-refractivity contribution in [3.05, 3.63) is 88.7 Å². The first-order valence-corrected chi connectivity index (χ1v) is 9.38. The first-order valence-electron chi connectivity index (χ1n) is 9.00. The highest BCUT2D eigenvalue weighted by Crippen LogP contribution is 2.19. The van der Waals surface area contributed by atoms with Crippen LogP contribution < -0.4 is 15.4 Å². The van der Waals surface area contributed by atoms with E-state index in [1.54, 1.807) is 19.4 Å². The van der Waals surface area contributed by atoms with Gasteiger partial charge in [-0.05, 0) is 42.3 Å². The summed E-state index contributed by atoms with van der Waals surface area (Å²) in [5.74, 6) is 0.624. The van der Waals surface area contributed by atoms with Gasteiger partial charge in [-0.3, -0.25) is 9.78 Å². The average Bonchev–Trinajstić information content (AvgIpc) is 2.74. The lowest BCUT2D eigenvalue weighted by Gasteiger charge is -2.11. The van der Waals surface area contributed by atoms with E-state index in [9.17, 15) is 4.79 Å². The summed E-state index contributed by atoms with van der Waals surface area (Å²) in [6.45, 7) is 1.12. The summed E-state index contributed by atoms with van der Waals surface area (Å²) in [6, 6.07) is 19.0. The zero-order valence-corrected chi connectivity index (χ0v) is 16.4. The van der Waals surface area contributed by atoms with Crippen LogP contribution in [-0.4, -0.2) is 24.5 Å². The Bertz CT molecular complexity index is 929. The van der Waals surface area contributed by atoms with Gasteiger partial charge in [-0.1, -0.05) is 41.9 Å². The molecule has 0 saturated carbocycles. The molecule has 2 N–H and O–H groups in total. The lowest BCUT2D eigenvalue weighted by Crippen LogP contribution is -2.26. The number of para-hydroxylation sites is 1. The second kappa shape index (κ2) is 9.76. The Labute approximate surface area is 169 Å². The van der Waals surface area contributed by atoms with Crippen LogP contribution in [0.15, 0.2) is 66.9 Å². The largest absolute Gasteiger partial charge is 0.496 e. The first-order chi connectivity index (χ1) is 13.7. The average molecular weight is 396 g/mol. The summed E-state index contributed by atoms with van der Waals surface area (Å²) in [5, 5.41) is 6.91. The van der Waals surface area contributed by atoms with Crippen molar-refractivity contribution in [1.29, 1.82) is 0 Å². The van der Waals surface area contributed by atoms with Crippen LogP contribution in [0, 0.1) is 0 Å². The highest BCUT2D eigenvalue weighted by Gasteiger charge is 2.08. The number of rotatable bonds is 8. The highest BCUT2D eigenvalue weighted by atomic mass is 35.5. The van der Waals surface area contributed by atoms with E-state index in [4.69, 9.17) is 16.3 Å². The number of carbonyl (C=O) groups is 1. The summed E-state index contributed by atoms with van der Waals surface area (Å²) in [6.07, 6.45) is 2.35. The summed E-state index contributed by atoms with van der Waals surface area (Å²) in [4.78, 5) is 16.5. The van der Waals surface area contributed by atoms with Gasteiger partial charge in [0.15, 0.2) is 0 Å². The van der Waals surface area contributed by atoms with E-state index in [1.165, 1.54) is 0 Å². The second-order valence-corrected chi connectivity index (χ2v) is 6.66. The van der Waals surface area contributed by atoms with E-state index in [0.29, 0.717) is 23.8 Å². The molecule has 5 nitrogen and oxygen atoms in total. The maximum atomic E-state index is 12.4. The normalized spacial score (nSPS) is 10.4. The van der Waals surface area contributed by atoms with Crippen molar-refractivity contribution in [3.8, 4) is 5.75 Å². The number of amides is 1. The van der Waals surface area contributed by atoms with Crippen LogP contribution in [0.5, 0.6) is 5.75 Å². The van der Waals surface area contributed by atoms with Gasteiger partial charge in [0.2, 0.25) is 0 Å². The SMILES string of the molecule is COc1ccccc1CNc1ccnc(C(=O)NCCc2ccc(Cl)cc2)c1. The molecule has 0 atom stereocenters. The van der Waals surface area contributed by atoms with Crippen molar-refractivity contribution in [2.24, 2.45) is 0 Å². The number of anilines is 1. The van der Waals surface area contributed by atoms with Gasteiger partial charge in [0.1, 0.15) is 11.4 Å². The molecule has 2 aromatic carbocycles. The number of ether oxygens (including phenoxy) is 1. The number of carbonyl (C=O) groups excluding carboxylic acids is 1. The van der Waals surface area contributed by atoms with Crippen molar-refractivity contribution >= 4 is 23.2 Å². The van der Waals surface area contributed by atoms with Gasteiger partial charge in [0.25, 0.3) is 5.91 Å². The van der Waals surface area contributed by atoms with Crippen molar-refractivity contribution in [1.82, 2.24) is 10.3 Å². The van der Waals surface area contributed by atoms with Gasteiger partial charge >= 0.3 is 0 Å². The Balaban J connectivity index is 1.54. The van der Waals surface area contributed by atoms with Gasteiger partial charge < -0.3 is 15.4 Å². The smallest absolute Gasteiger partial charge is 0.269 e. The van der Waals surface area contributed by atoms with Crippen LogP contribution in [0.2, 0.25) is 5.02 Å². The number of hydrogen-bond donors (Lipinski definition) is 2. The van der Waals surface area contributed by atoms with Crippen LogP contribution in [0.1, 0.15) is 21.6 Å². The van der Waals surface area contributed by atoms with Gasteiger partial charge in [0.05, 0.1) is 7.11 Å². The van der Waals surface area contributed by atoms with Gasteiger partial charge in [-0.25, -0.2) is 0 Å². The molecule has 0 saturated heterocycles. The summed E-state index contributed by atoms with van der Waals surface area (Å²) < 4.78 is 5.36. The Kier molecular flexibility index (Phi) is 6.87. The fraction of sp³-hybridized carbons (Fsp3) is 0.182. The molecule has 1 aromatic heterocycles. The minimum atomic E-state index is -0.199. The van der Waals surface area contributed by atoms with Gasteiger partial charge in [-0.15, -0.1) is 0 Å². The molecule has 3 rings (SSSR count). The van der Waals surface area contributed by atoms with Gasteiger partial charge in [0, 0.05) is 35.6 Å². The lowest BCUT2D eigenvalue weighted by molar-refractivity contribution is 0.0949. The fourth-order valence-corrected chi connectivity index (χ4v) is 2.90. The third-order valence-corrected chi connectivity index (χ3v) is 4.53. The van der Waals surface area contributed by atoms with Crippen molar-refractivity contribution < 1.29 is 9.53 Å². The maximum absolute atomic E-state index is 12.4. The van der Waals surface area contributed by atoms with Crippen molar-refractivity contribution in [2.75, 3.05) is 19.0 Å². The van der Waals surface area contributed by atoms with E-state index in [0.717, 1.165) is 29.0 Å². The Hall–Kier alpha value is -3.05. The fourth-order valence-electron chi connectivity index (χ4n) is 2.77. The number of hydrogen-bond acceptors (Lipinski definition) is 4. The zero-order chi connectivity index (χ0) is 19.8. The first kappa shape index (κ1) is 19.7. The molecule has 0 fully saturated rings.